The van der Waals surface area contributed by atoms with Crippen molar-refractivity contribution in [1.29, 1.82) is 0 Å². The minimum atomic E-state index is 0.857. The van der Waals surface area contributed by atoms with Crippen molar-refractivity contribution in [1.82, 2.24) is 14.9 Å². The molecule has 1 fully saturated rings. The maximum Gasteiger partial charge on any atom is 0.129 e. The van der Waals surface area contributed by atoms with E-state index in [2.05, 4.69) is 9.88 Å². The van der Waals surface area contributed by atoms with Crippen LogP contribution in [0.15, 0.2) is 24.3 Å². The predicted octanol–water partition coefficient (Wildman–Crippen LogP) is 3.10. The van der Waals surface area contributed by atoms with Crippen LogP contribution in [0.5, 0.6) is 0 Å². The molecule has 3 rings (SSSR count). The lowest BCUT2D eigenvalue weighted by Crippen LogP contribution is -2.36. The molecule has 0 amide bonds. The van der Waals surface area contributed by atoms with Crippen LogP contribution >= 0.6 is 12.2 Å². The third-order valence-electron chi connectivity index (χ3n) is 3.59. The van der Waals surface area contributed by atoms with Gasteiger partial charge in [-0.2, -0.15) is 0 Å². The molecule has 0 radical (unpaired) electrons. The standard InChI is InChI=1S/C15H17N3S/c1-11-14(15(19)18-9-5-2-6-10-18)17-13-8-4-3-7-12(13)16-11/h3-4,7-8H,2,5-6,9-10H2,1H3. The molecule has 19 heavy (non-hydrogen) atoms. The SMILES string of the molecule is Cc1nc2ccccc2nc1C(=S)N1CCCCC1. The van der Waals surface area contributed by atoms with Gasteiger partial charge in [0.05, 0.1) is 16.7 Å². The number of nitrogens with zero attached hydrogens (tertiary/aromatic N) is 3. The van der Waals surface area contributed by atoms with Crippen LogP contribution in [-0.2, 0) is 0 Å². The smallest absolute Gasteiger partial charge is 0.129 e. The lowest BCUT2D eigenvalue weighted by atomic mass is 10.1. The summed E-state index contributed by atoms with van der Waals surface area (Å²) in [6, 6.07) is 7.95. The average Bonchev–Trinajstić information content (AvgIpc) is 2.47. The first kappa shape index (κ1) is 12.5. The van der Waals surface area contributed by atoms with E-state index in [9.17, 15) is 0 Å². The molecule has 0 unspecified atom stereocenters. The molecule has 1 aromatic carbocycles. The van der Waals surface area contributed by atoms with E-state index in [0.717, 1.165) is 40.5 Å². The van der Waals surface area contributed by atoms with Crippen molar-refractivity contribution in [3.63, 3.8) is 0 Å². The summed E-state index contributed by atoms with van der Waals surface area (Å²) in [6.07, 6.45) is 3.75. The van der Waals surface area contributed by atoms with Crippen molar-refractivity contribution < 1.29 is 0 Å². The molecule has 1 saturated heterocycles. The molecule has 1 aliphatic heterocycles. The molecular weight excluding hydrogens is 254 g/mol. The lowest BCUT2D eigenvalue weighted by molar-refractivity contribution is 0.347. The van der Waals surface area contributed by atoms with Crippen molar-refractivity contribution in [3.05, 3.63) is 35.7 Å². The number of benzene rings is 1. The van der Waals surface area contributed by atoms with Gasteiger partial charge in [-0.25, -0.2) is 9.97 Å². The second kappa shape index (κ2) is 5.21. The summed E-state index contributed by atoms with van der Waals surface area (Å²) in [4.78, 5) is 12.4. The Balaban J connectivity index is 1.99. The predicted molar refractivity (Wildman–Crippen MR) is 81.4 cm³/mol. The van der Waals surface area contributed by atoms with Crippen LogP contribution in [-0.4, -0.2) is 32.9 Å². The minimum absolute atomic E-state index is 0.857. The Kier molecular flexibility index (Phi) is 3.42. The summed E-state index contributed by atoms with van der Waals surface area (Å²) in [6.45, 7) is 4.09. The van der Waals surface area contributed by atoms with Gasteiger partial charge in [0.25, 0.3) is 0 Å². The highest BCUT2D eigenvalue weighted by atomic mass is 32.1. The third kappa shape index (κ3) is 2.45. The first-order valence-electron chi connectivity index (χ1n) is 6.78. The molecule has 1 aromatic heterocycles. The van der Waals surface area contributed by atoms with Crippen LogP contribution in [0.1, 0.15) is 30.7 Å². The third-order valence-corrected chi connectivity index (χ3v) is 4.04. The van der Waals surface area contributed by atoms with E-state index >= 15 is 0 Å². The van der Waals surface area contributed by atoms with Crippen molar-refractivity contribution in [2.75, 3.05) is 13.1 Å². The number of likely N-dealkylation sites (tertiary alicyclic amines) is 1. The van der Waals surface area contributed by atoms with Gasteiger partial charge in [-0.3, -0.25) is 0 Å². The molecule has 0 atom stereocenters. The van der Waals surface area contributed by atoms with E-state index in [1.54, 1.807) is 0 Å². The molecule has 98 valence electrons. The molecule has 0 aliphatic carbocycles. The molecule has 2 heterocycles. The summed E-state index contributed by atoms with van der Waals surface area (Å²) >= 11 is 5.61. The number of rotatable bonds is 1. The molecule has 0 bridgehead atoms. The monoisotopic (exact) mass is 271 g/mol. The van der Waals surface area contributed by atoms with E-state index in [4.69, 9.17) is 17.2 Å². The highest BCUT2D eigenvalue weighted by Crippen LogP contribution is 2.17. The summed E-state index contributed by atoms with van der Waals surface area (Å²) < 4.78 is 0. The Morgan fingerprint density at radius 2 is 1.68 bits per heavy atom. The fourth-order valence-corrected chi connectivity index (χ4v) is 2.91. The number of piperidine rings is 1. The Bertz CT molecular complexity index is 618. The number of para-hydroxylation sites is 2. The van der Waals surface area contributed by atoms with Crippen LogP contribution in [0.4, 0.5) is 0 Å². The van der Waals surface area contributed by atoms with E-state index < -0.39 is 0 Å². The molecule has 0 N–H and O–H groups in total. The van der Waals surface area contributed by atoms with Gasteiger partial charge in [0.15, 0.2) is 0 Å². The topological polar surface area (TPSA) is 29.0 Å². The Morgan fingerprint density at radius 1 is 1.05 bits per heavy atom. The van der Waals surface area contributed by atoms with Gasteiger partial charge in [0, 0.05) is 13.1 Å². The fraction of sp³-hybridized carbons (Fsp3) is 0.400. The average molecular weight is 271 g/mol. The number of aromatic nitrogens is 2. The maximum absolute atomic E-state index is 5.61. The minimum Gasteiger partial charge on any atom is -0.361 e. The van der Waals surface area contributed by atoms with Crippen LogP contribution in [0.3, 0.4) is 0 Å². The Labute approximate surface area is 118 Å². The Hall–Kier alpha value is -1.55. The molecule has 0 spiro atoms. The fourth-order valence-electron chi connectivity index (χ4n) is 2.54. The second-order valence-electron chi connectivity index (χ2n) is 5.00. The number of aryl methyl sites for hydroxylation is 1. The van der Waals surface area contributed by atoms with Gasteiger partial charge < -0.3 is 4.90 Å². The zero-order valence-corrected chi connectivity index (χ0v) is 11.9. The van der Waals surface area contributed by atoms with Crippen molar-refractivity contribution in [2.45, 2.75) is 26.2 Å². The van der Waals surface area contributed by atoms with E-state index in [-0.39, 0.29) is 0 Å². The zero-order valence-electron chi connectivity index (χ0n) is 11.1. The van der Waals surface area contributed by atoms with Gasteiger partial charge in [-0.15, -0.1) is 0 Å². The quantitative estimate of drug-likeness (QED) is 0.745. The Morgan fingerprint density at radius 3 is 2.37 bits per heavy atom. The molecule has 0 saturated carbocycles. The van der Waals surface area contributed by atoms with Gasteiger partial charge in [-0.1, -0.05) is 24.4 Å². The zero-order chi connectivity index (χ0) is 13.2. The number of hydrogen-bond donors (Lipinski definition) is 0. The first-order valence-corrected chi connectivity index (χ1v) is 7.19. The maximum atomic E-state index is 5.61. The van der Waals surface area contributed by atoms with E-state index in [1.165, 1.54) is 19.3 Å². The molecule has 4 heteroatoms. The summed E-state index contributed by atoms with van der Waals surface area (Å²) in [5, 5.41) is 0. The first-order chi connectivity index (χ1) is 9.25. The largest absolute Gasteiger partial charge is 0.361 e. The van der Waals surface area contributed by atoms with Crippen molar-refractivity contribution >= 4 is 28.2 Å². The summed E-state index contributed by atoms with van der Waals surface area (Å²) in [5.41, 5.74) is 3.65. The molecular formula is C15H17N3S. The number of thiocarbonyl (C=S) groups is 1. The molecule has 3 nitrogen and oxygen atoms in total. The van der Waals surface area contributed by atoms with Gasteiger partial charge >= 0.3 is 0 Å². The molecule has 2 aromatic rings. The normalized spacial score (nSPS) is 15.7. The van der Waals surface area contributed by atoms with Gasteiger partial charge in [0.1, 0.15) is 10.7 Å². The van der Waals surface area contributed by atoms with Crippen molar-refractivity contribution in [3.8, 4) is 0 Å². The van der Waals surface area contributed by atoms with Crippen LogP contribution in [0.2, 0.25) is 0 Å². The summed E-state index contributed by atoms with van der Waals surface area (Å²) in [5.74, 6) is 0. The van der Waals surface area contributed by atoms with Gasteiger partial charge in [-0.05, 0) is 38.3 Å². The summed E-state index contributed by atoms with van der Waals surface area (Å²) in [7, 11) is 0. The second-order valence-corrected chi connectivity index (χ2v) is 5.39. The van der Waals surface area contributed by atoms with E-state index in [1.807, 2.05) is 31.2 Å². The highest BCUT2D eigenvalue weighted by Gasteiger charge is 2.18. The number of fused-ring (bicyclic) bond motifs is 1. The highest BCUT2D eigenvalue weighted by molar-refractivity contribution is 7.80. The lowest BCUT2D eigenvalue weighted by Gasteiger charge is -2.29. The van der Waals surface area contributed by atoms with Gasteiger partial charge in [0.2, 0.25) is 0 Å². The molecule has 1 aliphatic rings. The van der Waals surface area contributed by atoms with E-state index in [0.29, 0.717) is 0 Å². The van der Waals surface area contributed by atoms with Crippen LogP contribution in [0.25, 0.3) is 11.0 Å². The number of hydrogen-bond acceptors (Lipinski definition) is 3. The van der Waals surface area contributed by atoms with Crippen LogP contribution < -0.4 is 0 Å². The van der Waals surface area contributed by atoms with Crippen LogP contribution in [0, 0.1) is 6.92 Å². The van der Waals surface area contributed by atoms with Crippen molar-refractivity contribution in [2.24, 2.45) is 0 Å².